The maximum absolute atomic E-state index is 12.4. The van der Waals surface area contributed by atoms with E-state index in [4.69, 9.17) is 4.74 Å². The second-order valence-corrected chi connectivity index (χ2v) is 6.24. The number of aryl methyl sites for hydroxylation is 1. The molecule has 1 aliphatic rings. The van der Waals surface area contributed by atoms with E-state index in [-0.39, 0.29) is 24.3 Å². The Labute approximate surface area is 147 Å². The Morgan fingerprint density at radius 1 is 1.20 bits per heavy atom. The van der Waals surface area contributed by atoms with Crippen molar-refractivity contribution in [2.45, 2.75) is 38.8 Å². The third kappa shape index (κ3) is 3.99. The lowest BCUT2D eigenvalue weighted by Crippen LogP contribution is -2.41. The van der Waals surface area contributed by atoms with Gasteiger partial charge in [-0.15, -0.1) is 0 Å². The van der Waals surface area contributed by atoms with Crippen LogP contribution in [0.1, 0.15) is 36.9 Å². The molecular weight excluding hydrogens is 316 g/mol. The number of hydrogen-bond acceptors (Lipinski definition) is 3. The first-order valence-electron chi connectivity index (χ1n) is 8.49. The second-order valence-electron chi connectivity index (χ2n) is 6.24. The topological polar surface area (TPSA) is 67.4 Å². The molecule has 5 heteroatoms. The van der Waals surface area contributed by atoms with Crippen molar-refractivity contribution >= 4 is 17.5 Å². The van der Waals surface area contributed by atoms with Crippen LogP contribution in [0, 0.1) is 6.92 Å². The highest BCUT2D eigenvalue weighted by atomic mass is 16.5. The van der Waals surface area contributed by atoms with Gasteiger partial charge in [0.15, 0.2) is 6.10 Å². The van der Waals surface area contributed by atoms with Crippen molar-refractivity contribution in [3.8, 4) is 5.75 Å². The number of rotatable bonds is 5. The van der Waals surface area contributed by atoms with E-state index < -0.39 is 6.10 Å². The minimum absolute atomic E-state index is 0.0114. The summed E-state index contributed by atoms with van der Waals surface area (Å²) in [6.07, 6.45) is -0.0526. The lowest BCUT2D eigenvalue weighted by atomic mass is 10.0. The first-order chi connectivity index (χ1) is 12.1. The molecule has 0 unspecified atom stereocenters. The number of amides is 2. The van der Waals surface area contributed by atoms with E-state index in [0.29, 0.717) is 11.4 Å². The van der Waals surface area contributed by atoms with Crippen LogP contribution in [0.2, 0.25) is 0 Å². The van der Waals surface area contributed by atoms with Gasteiger partial charge in [-0.1, -0.05) is 48.9 Å². The Bertz CT molecular complexity index is 771. The van der Waals surface area contributed by atoms with Crippen LogP contribution in [0.3, 0.4) is 0 Å². The minimum Gasteiger partial charge on any atom is -0.478 e. The molecule has 2 N–H and O–H groups in total. The predicted octanol–water partition coefficient (Wildman–Crippen LogP) is 3.35. The maximum Gasteiger partial charge on any atom is 0.266 e. The summed E-state index contributed by atoms with van der Waals surface area (Å²) in [4.78, 5) is 24.5. The lowest BCUT2D eigenvalue weighted by Gasteiger charge is -2.26. The molecule has 0 bridgehead atoms. The van der Waals surface area contributed by atoms with Gasteiger partial charge in [0.25, 0.3) is 5.91 Å². The Kier molecular flexibility index (Phi) is 5.03. The monoisotopic (exact) mass is 338 g/mol. The van der Waals surface area contributed by atoms with E-state index in [1.165, 1.54) is 5.56 Å². The molecule has 130 valence electrons. The van der Waals surface area contributed by atoms with Crippen molar-refractivity contribution in [2.24, 2.45) is 0 Å². The summed E-state index contributed by atoms with van der Waals surface area (Å²) in [5, 5.41) is 5.77. The number of carbonyl (C=O) groups excluding carboxylic acids is 2. The van der Waals surface area contributed by atoms with Crippen molar-refractivity contribution < 1.29 is 14.3 Å². The first-order valence-corrected chi connectivity index (χ1v) is 8.49. The SMILES string of the molecule is CC[C@H](NC(=O)C[C@H]1Oc2ccccc2NC1=O)c1ccc(C)cc1. The molecule has 0 fully saturated rings. The largest absolute Gasteiger partial charge is 0.478 e. The molecule has 2 atom stereocenters. The molecule has 2 aromatic carbocycles. The molecule has 0 aliphatic carbocycles. The molecule has 0 saturated carbocycles. The molecule has 0 spiro atoms. The van der Waals surface area contributed by atoms with E-state index in [1.807, 2.05) is 50.2 Å². The fourth-order valence-corrected chi connectivity index (χ4v) is 2.87. The molecule has 0 radical (unpaired) electrons. The molecule has 1 aliphatic heterocycles. The van der Waals surface area contributed by atoms with E-state index in [1.54, 1.807) is 12.1 Å². The zero-order chi connectivity index (χ0) is 17.8. The number of ether oxygens (including phenoxy) is 1. The zero-order valence-corrected chi connectivity index (χ0v) is 14.4. The van der Waals surface area contributed by atoms with Gasteiger partial charge >= 0.3 is 0 Å². The fourth-order valence-electron chi connectivity index (χ4n) is 2.87. The average Bonchev–Trinajstić information content (AvgIpc) is 2.61. The molecule has 5 nitrogen and oxygen atoms in total. The van der Waals surface area contributed by atoms with Crippen LogP contribution in [0.4, 0.5) is 5.69 Å². The van der Waals surface area contributed by atoms with Crippen LogP contribution in [0.5, 0.6) is 5.75 Å². The van der Waals surface area contributed by atoms with Gasteiger partial charge in [-0.3, -0.25) is 9.59 Å². The van der Waals surface area contributed by atoms with Crippen LogP contribution >= 0.6 is 0 Å². The van der Waals surface area contributed by atoms with Gasteiger partial charge in [-0.05, 0) is 31.0 Å². The van der Waals surface area contributed by atoms with E-state index in [0.717, 1.165) is 12.0 Å². The average molecular weight is 338 g/mol. The summed E-state index contributed by atoms with van der Waals surface area (Å²) < 4.78 is 5.68. The predicted molar refractivity (Wildman–Crippen MR) is 96.5 cm³/mol. The van der Waals surface area contributed by atoms with Crippen LogP contribution in [0.25, 0.3) is 0 Å². The molecule has 0 saturated heterocycles. The van der Waals surface area contributed by atoms with Crippen LogP contribution in [-0.2, 0) is 9.59 Å². The van der Waals surface area contributed by atoms with Gasteiger partial charge in [-0.2, -0.15) is 0 Å². The molecule has 2 aromatic rings. The number of anilines is 1. The Hall–Kier alpha value is -2.82. The Balaban J connectivity index is 1.64. The van der Waals surface area contributed by atoms with Crippen molar-refractivity contribution in [3.63, 3.8) is 0 Å². The standard InChI is InChI=1S/C20H22N2O3/c1-3-15(14-10-8-13(2)9-11-14)21-19(23)12-18-20(24)22-16-6-4-5-7-17(16)25-18/h4-11,15,18H,3,12H2,1-2H3,(H,21,23)(H,22,24)/t15-,18+/m0/s1. The van der Waals surface area contributed by atoms with Gasteiger partial charge in [0.05, 0.1) is 18.2 Å². The highest BCUT2D eigenvalue weighted by molar-refractivity contribution is 5.99. The van der Waals surface area contributed by atoms with Crippen molar-refractivity contribution in [1.29, 1.82) is 0 Å². The van der Waals surface area contributed by atoms with Crippen molar-refractivity contribution in [2.75, 3.05) is 5.32 Å². The van der Waals surface area contributed by atoms with Gasteiger partial charge in [0.1, 0.15) is 5.75 Å². The van der Waals surface area contributed by atoms with Crippen LogP contribution < -0.4 is 15.4 Å². The van der Waals surface area contributed by atoms with Gasteiger partial charge in [0, 0.05) is 0 Å². The minimum atomic E-state index is -0.814. The van der Waals surface area contributed by atoms with Crippen molar-refractivity contribution in [3.05, 3.63) is 59.7 Å². The number of hydrogen-bond donors (Lipinski definition) is 2. The second kappa shape index (κ2) is 7.38. The Morgan fingerprint density at radius 3 is 2.64 bits per heavy atom. The van der Waals surface area contributed by atoms with Crippen LogP contribution in [-0.4, -0.2) is 17.9 Å². The Morgan fingerprint density at radius 2 is 1.92 bits per heavy atom. The van der Waals surface area contributed by atoms with Gasteiger partial charge < -0.3 is 15.4 Å². The fraction of sp³-hybridized carbons (Fsp3) is 0.300. The summed E-state index contributed by atoms with van der Waals surface area (Å²) in [5.41, 5.74) is 2.87. The normalized spacial score (nSPS) is 17.0. The zero-order valence-electron chi connectivity index (χ0n) is 14.4. The highest BCUT2D eigenvalue weighted by Gasteiger charge is 2.30. The summed E-state index contributed by atoms with van der Waals surface area (Å²) in [6.45, 7) is 4.05. The smallest absolute Gasteiger partial charge is 0.266 e. The van der Waals surface area contributed by atoms with Gasteiger partial charge in [-0.25, -0.2) is 0 Å². The molecule has 0 aromatic heterocycles. The number of benzene rings is 2. The van der Waals surface area contributed by atoms with Crippen molar-refractivity contribution in [1.82, 2.24) is 5.32 Å². The summed E-state index contributed by atoms with van der Waals surface area (Å²) >= 11 is 0. The highest BCUT2D eigenvalue weighted by Crippen LogP contribution is 2.29. The van der Waals surface area contributed by atoms with E-state index in [2.05, 4.69) is 10.6 Å². The molecule has 2 amide bonds. The number of para-hydroxylation sites is 2. The molecule has 1 heterocycles. The number of carbonyl (C=O) groups is 2. The summed E-state index contributed by atoms with van der Waals surface area (Å²) in [5.74, 6) is 0.0923. The quantitative estimate of drug-likeness (QED) is 0.878. The number of nitrogens with one attached hydrogen (secondary N) is 2. The molecule has 3 rings (SSSR count). The number of fused-ring (bicyclic) bond motifs is 1. The summed E-state index contributed by atoms with van der Waals surface area (Å²) in [7, 11) is 0. The lowest BCUT2D eigenvalue weighted by molar-refractivity contribution is -0.130. The summed E-state index contributed by atoms with van der Waals surface area (Å²) in [6, 6.07) is 15.2. The first kappa shape index (κ1) is 17.0. The van der Waals surface area contributed by atoms with E-state index >= 15 is 0 Å². The molecule has 25 heavy (non-hydrogen) atoms. The molecular formula is C20H22N2O3. The van der Waals surface area contributed by atoms with E-state index in [9.17, 15) is 9.59 Å². The maximum atomic E-state index is 12.4. The van der Waals surface area contributed by atoms with Crippen LogP contribution in [0.15, 0.2) is 48.5 Å². The van der Waals surface area contributed by atoms with Gasteiger partial charge in [0.2, 0.25) is 5.91 Å². The third-order valence-electron chi connectivity index (χ3n) is 4.30. The third-order valence-corrected chi connectivity index (χ3v) is 4.30.